The Morgan fingerprint density at radius 2 is 1.19 bits per heavy atom. The second-order valence-electron chi connectivity index (χ2n) is 7.65. The van der Waals surface area contributed by atoms with Crippen molar-refractivity contribution in [3.63, 3.8) is 0 Å². The Hall–Kier alpha value is -0.490. The highest BCUT2D eigenvalue weighted by atomic mass is 32.2. The van der Waals surface area contributed by atoms with E-state index >= 15 is 0 Å². The van der Waals surface area contributed by atoms with Crippen LogP contribution in [-0.4, -0.2) is 51.6 Å². The molecule has 1 rings (SSSR count). The maximum absolute atomic E-state index is 11.5. The summed E-state index contributed by atoms with van der Waals surface area (Å²) in [7, 11) is -0.521. The Balaban J connectivity index is 0.00000194. The SMILES string of the molecule is CCCCCCCCCCCCCC[N+]1(CC)CCS(=O)CC1.O=NO. The lowest BCUT2D eigenvalue weighted by atomic mass is 10.0. The van der Waals surface area contributed by atoms with Gasteiger partial charge in [0.2, 0.25) is 0 Å². The highest BCUT2D eigenvalue weighted by Crippen LogP contribution is 2.16. The minimum atomic E-state index is -0.521. The summed E-state index contributed by atoms with van der Waals surface area (Å²) in [6.45, 7) is 9.47. The average Bonchev–Trinajstić information content (AvgIpc) is 2.65. The van der Waals surface area contributed by atoms with Gasteiger partial charge in [-0.15, -0.1) is 4.91 Å². The molecule has 0 aromatic heterocycles. The predicted octanol–water partition coefficient (Wildman–Crippen LogP) is 5.43. The molecule has 0 aromatic rings. The molecule has 1 fully saturated rings. The van der Waals surface area contributed by atoms with Crippen LogP contribution in [0, 0.1) is 4.91 Å². The van der Waals surface area contributed by atoms with Crippen LogP contribution in [0.25, 0.3) is 0 Å². The highest BCUT2D eigenvalue weighted by Gasteiger charge is 2.30. The molecule has 1 saturated heterocycles. The minimum absolute atomic E-state index is 0.521. The van der Waals surface area contributed by atoms with Gasteiger partial charge in [-0.2, -0.15) is 0 Å². The summed E-state index contributed by atoms with van der Waals surface area (Å²) in [5.74, 6) is 1.87. The van der Waals surface area contributed by atoms with E-state index in [0.717, 1.165) is 24.6 Å². The average molecular weight is 392 g/mol. The Labute approximate surface area is 163 Å². The van der Waals surface area contributed by atoms with Gasteiger partial charge in [-0.3, -0.25) is 4.21 Å². The molecule has 0 aromatic carbocycles. The van der Waals surface area contributed by atoms with E-state index in [4.69, 9.17) is 10.1 Å². The summed E-state index contributed by atoms with van der Waals surface area (Å²) in [5, 5.41) is 7.89. The monoisotopic (exact) mass is 391 g/mol. The third kappa shape index (κ3) is 13.7. The zero-order valence-corrected chi connectivity index (χ0v) is 18.1. The van der Waals surface area contributed by atoms with Crippen molar-refractivity contribution in [2.75, 3.05) is 37.7 Å². The maximum Gasteiger partial charge on any atom is 0.152 e. The molecule has 0 spiro atoms. The first-order valence-corrected chi connectivity index (χ1v) is 12.3. The fourth-order valence-electron chi connectivity index (χ4n) is 3.79. The number of hydrogen-bond acceptors (Lipinski definition) is 3. The van der Waals surface area contributed by atoms with E-state index in [1.165, 1.54) is 100.0 Å². The van der Waals surface area contributed by atoms with Crippen molar-refractivity contribution in [1.82, 2.24) is 0 Å². The van der Waals surface area contributed by atoms with E-state index in [1.807, 2.05) is 0 Å². The van der Waals surface area contributed by atoms with E-state index < -0.39 is 10.8 Å². The molecule has 5 nitrogen and oxygen atoms in total. The lowest BCUT2D eigenvalue weighted by molar-refractivity contribution is -0.923. The molecule has 1 aliphatic heterocycles. The third-order valence-electron chi connectivity index (χ3n) is 5.74. The highest BCUT2D eigenvalue weighted by molar-refractivity contribution is 7.85. The van der Waals surface area contributed by atoms with E-state index in [2.05, 4.69) is 13.8 Å². The first-order valence-electron chi connectivity index (χ1n) is 10.8. The molecule has 0 amide bonds. The standard InChI is InChI=1S/C20H42NOS.HNO2/c1-3-5-6-7-8-9-10-11-12-13-14-15-16-21(4-2)17-19-23(22)20-18-21;2-1-3/h3-20H2,1-2H3;(H,2,3)/q+1;. The van der Waals surface area contributed by atoms with Crippen molar-refractivity contribution < 1.29 is 13.9 Å². The van der Waals surface area contributed by atoms with Crippen molar-refractivity contribution in [2.24, 2.45) is 5.34 Å². The maximum atomic E-state index is 11.5. The Bertz CT molecular complexity index is 344. The third-order valence-corrected chi connectivity index (χ3v) is 7.02. The summed E-state index contributed by atoms with van der Waals surface area (Å²) < 4.78 is 12.8. The zero-order valence-electron chi connectivity index (χ0n) is 17.3. The van der Waals surface area contributed by atoms with Crippen molar-refractivity contribution in [2.45, 2.75) is 90.9 Å². The van der Waals surface area contributed by atoms with E-state index in [1.54, 1.807) is 0 Å². The molecule has 26 heavy (non-hydrogen) atoms. The Morgan fingerprint density at radius 1 is 0.808 bits per heavy atom. The summed E-state index contributed by atoms with van der Waals surface area (Å²) in [6, 6.07) is 0. The molecule has 0 aliphatic carbocycles. The van der Waals surface area contributed by atoms with Gasteiger partial charge in [-0.05, 0) is 19.8 Å². The fourth-order valence-corrected chi connectivity index (χ4v) is 5.18. The van der Waals surface area contributed by atoms with Crippen LogP contribution in [0.2, 0.25) is 0 Å². The van der Waals surface area contributed by atoms with Crippen molar-refractivity contribution in [1.29, 1.82) is 0 Å². The largest absolute Gasteiger partial charge is 0.379 e. The quantitative estimate of drug-likeness (QED) is 0.186. The predicted molar refractivity (Wildman–Crippen MR) is 112 cm³/mol. The topological polar surface area (TPSA) is 66.7 Å². The zero-order chi connectivity index (χ0) is 19.5. The van der Waals surface area contributed by atoms with Crippen LogP contribution >= 0.6 is 0 Å². The molecule has 1 heterocycles. The van der Waals surface area contributed by atoms with E-state index in [-0.39, 0.29) is 0 Å². The molecule has 0 atom stereocenters. The molecular weight excluding hydrogens is 348 g/mol. The van der Waals surface area contributed by atoms with Gasteiger partial charge in [0.15, 0.2) is 5.34 Å². The van der Waals surface area contributed by atoms with Crippen molar-refractivity contribution in [3.05, 3.63) is 4.91 Å². The molecule has 1 N–H and O–H groups in total. The van der Waals surface area contributed by atoms with E-state index in [9.17, 15) is 4.21 Å². The second-order valence-corrected chi connectivity index (χ2v) is 9.34. The van der Waals surface area contributed by atoms with Crippen LogP contribution in [0.5, 0.6) is 0 Å². The van der Waals surface area contributed by atoms with Gasteiger partial charge in [-0.25, -0.2) is 0 Å². The normalized spacial score (nSPS) is 22.5. The Morgan fingerprint density at radius 3 is 1.58 bits per heavy atom. The molecule has 0 radical (unpaired) electrons. The van der Waals surface area contributed by atoms with Crippen LogP contribution in [0.1, 0.15) is 90.9 Å². The number of nitrogens with zero attached hydrogens (tertiary/aromatic N) is 2. The summed E-state index contributed by atoms with van der Waals surface area (Å²) >= 11 is 0. The van der Waals surface area contributed by atoms with Crippen LogP contribution < -0.4 is 0 Å². The summed E-state index contributed by atoms with van der Waals surface area (Å²) in [4.78, 5) is 8.11. The van der Waals surface area contributed by atoms with Gasteiger partial charge in [0, 0.05) is 10.8 Å². The molecule has 0 bridgehead atoms. The lowest BCUT2D eigenvalue weighted by Gasteiger charge is -2.40. The van der Waals surface area contributed by atoms with Crippen LogP contribution in [0.4, 0.5) is 0 Å². The van der Waals surface area contributed by atoms with E-state index in [0.29, 0.717) is 0 Å². The summed E-state index contributed by atoms with van der Waals surface area (Å²) in [6.07, 6.45) is 17.1. The molecule has 6 heteroatoms. The molecule has 156 valence electrons. The van der Waals surface area contributed by atoms with Crippen LogP contribution in [-0.2, 0) is 10.8 Å². The smallest absolute Gasteiger partial charge is 0.152 e. The van der Waals surface area contributed by atoms with Crippen molar-refractivity contribution in [3.8, 4) is 0 Å². The van der Waals surface area contributed by atoms with Crippen LogP contribution in [0.3, 0.4) is 0 Å². The van der Waals surface area contributed by atoms with Gasteiger partial charge in [-0.1, -0.05) is 71.1 Å². The van der Waals surface area contributed by atoms with Gasteiger partial charge in [0.05, 0.1) is 37.7 Å². The number of quaternary nitrogens is 1. The minimum Gasteiger partial charge on any atom is -0.379 e. The number of unbranched alkanes of at least 4 members (excludes halogenated alkanes) is 11. The Kier molecular flexibility index (Phi) is 17.6. The fraction of sp³-hybridized carbons (Fsp3) is 1.00. The molecule has 0 saturated carbocycles. The molecule has 1 aliphatic rings. The first-order chi connectivity index (χ1) is 12.6. The number of rotatable bonds is 14. The number of hydrogen-bond donors (Lipinski definition) is 1. The van der Waals surface area contributed by atoms with Crippen LogP contribution in [0.15, 0.2) is 5.34 Å². The molecular formula is C20H43N2O3S+. The van der Waals surface area contributed by atoms with Gasteiger partial charge < -0.3 is 9.69 Å². The molecule has 0 unspecified atom stereocenters. The van der Waals surface area contributed by atoms with Crippen molar-refractivity contribution >= 4 is 10.8 Å². The van der Waals surface area contributed by atoms with Gasteiger partial charge in [0.1, 0.15) is 0 Å². The first kappa shape index (κ1) is 25.5. The lowest BCUT2D eigenvalue weighted by Crippen LogP contribution is -2.55. The van der Waals surface area contributed by atoms with Gasteiger partial charge >= 0.3 is 0 Å². The van der Waals surface area contributed by atoms with Gasteiger partial charge in [0.25, 0.3) is 0 Å². The summed E-state index contributed by atoms with van der Waals surface area (Å²) in [5.41, 5.74) is 0. The second kappa shape index (κ2) is 17.9.